The van der Waals surface area contributed by atoms with E-state index in [1.807, 2.05) is 31.3 Å². The molecule has 5 aromatic rings. The van der Waals surface area contributed by atoms with Crippen molar-refractivity contribution in [2.75, 3.05) is 13.1 Å². The number of rotatable bonds is 2. The molecule has 4 amide bonds. The molecule has 2 aliphatic heterocycles. The second-order valence-corrected chi connectivity index (χ2v) is 14.5. The molecule has 0 spiro atoms. The minimum absolute atomic E-state index is 0.0117. The van der Waals surface area contributed by atoms with Gasteiger partial charge in [-0.05, 0) is 18.8 Å². The van der Waals surface area contributed by atoms with Crippen LogP contribution in [0.2, 0.25) is 0 Å². The first-order valence-electron chi connectivity index (χ1n) is 16.9. The van der Waals surface area contributed by atoms with Crippen LogP contribution in [-0.2, 0) is 20.1 Å². The summed E-state index contributed by atoms with van der Waals surface area (Å²) in [6, 6.07) is 24.0. The van der Waals surface area contributed by atoms with E-state index in [0.717, 1.165) is 52.5 Å². The van der Waals surface area contributed by atoms with Gasteiger partial charge in [0.2, 0.25) is 0 Å². The van der Waals surface area contributed by atoms with Crippen LogP contribution < -0.4 is 25.8 Å². The van der Waals surface area contributed by atoms with Crippen molar-refractivity contribution in [2.24, 2.45) is 13.0 Å². The van der Waals surface area contributed by atoms with Crippen LogP contribution in [0.15, 0.2) is 78.9 Å². The molecule has 50 heavy (non-hydrogen) atoms. The van der Waals surface area contributed by atoms with Gasteiger partial charge in [0.05, 0.1) is 0 Å². The third kappa shape index (κ3) is 8.15. The van der Waals surface area contributed by atoms with Crippen molar-refractivity contribution in [1.82, 2.24) is 31.2 Å². The zero-order valence-corrected chi connectivity index (χ0v) is 29.8. The number of amides is 4. The zero-order valence-electron chi connectivity index (χ0n) is 28.1. The van der Waals surface area contributed by atoms with Crippen molar-refractivity contribution >= 4 is 47.9 Å². The van der Waals surface area contributed by atoms with E-state index in [0.29, 0.717) is 13.1 Å². The molecule has 0 saturated carbocycles. The smallest absolute Gasteiger partial charge is 0.0206 e. The van der Waals surface area contributed by atoms with E-state index in [4.69, 9.17) is 0 Å². The SMILES string of the molecule is CC[C@@H]1CCCCNC(=O)c2cccc(n2)C(=O)NCc2ccc(cc2-c2[se]c3ccccc3[n+]2C)CNC(=O)c2cccc(n2)C(=O)NC1. The fourth-order valence-corrected chi connectivity index (χ4v) is 8.48. The second-order valence-electron chi connectivity index (χ2n) is 12.3. The van der Waals surface area contributed by atoms with Crippen LogP contribution in [0.3, 0.4) is 0 Å². The number of aromatic nitrogens is 3. The third-order valence-corrected chi connectivity index (χ3v) is 11.5. The number of nitrogens with one attached hydrogen (secondary N) is 4. The van der Waals surface area contributed by atoms with E-state index in [1.165, 1.54) is 4.26 Å². The van der Waals surface area contributed by atoms with Crippen LogP contribution >= 0.6 is 0 Å². The predicted molar refractivity (Wildman–Crippen MR) is 191 cm³/mol. The Morgan fingerprint density at radius 3 is 2.00 bits per heavy atom. The summed E-state index contributed by atoms with van der Waals surface area (Å²) in [7, 11) is 2.04. The Labute approximate surface area is 296 Å². The van der Waals surface area contributed by atoms with Crippen molar-refractivity contribution in [3.63, 3.8) is 0 Å². The molecular weight excluding hydrogens is 697 g/mol. The molecule has 2 aromatic carbocycles. The normalized spacial score (nSPS) is 16.7. The Bertz CT molecular complexity index is 2060. The molecule has 0 unspecified atom stereocenters. The monoisotopic (exact) mass is 738 g/mol. The third-order valence-electron chi connectivity index (χ3n) is 8.92. The Hall–Kier alpha value is -5.19. The summed E-state index contributed by atoms with van der Waals surface area (Å²) in [5.41, 5.74) is 4.58. The van der Waals surface area contributed by atoms with E-state index in [9.17, 15) is 19.2 Å². The van der Waals surface area contributed by atoms with Crippen LogP contribution in [-0.4, -0.2) is 61.2 Å². The van der Waals surface area contributed by atoms with Gasteiger partial charge in [0.1, 0.15) is 0 Å². The van der Waals surface area contributed by atoms with Crippen molar-refractivity contribution in [3.8, 4) is 10.1 Å². The maximum atomic E-state index is 13.3. The Balaban J connectivity index is 1.31. The van der Waals surface area contributed by atoms with Crippen LogP contribution in [0, 0.1) is 5.92 Å². The molecule has 12 heteroatoms. The molecule has 11 nitrogen and oxygen atoms in total. The van der Waals surface area contributed by atoms with Gasteiger partial charge in [-0.3, -0.25) is 0 Å². The van der Waals surface area contributed by atoms with Gasteiger partial charge >= 0.3 is 252 Å². The number of para-hydroxylation sites is 1. The van der Waals surface area contributed by atoms with E-state index in [1.54, 1.807) is 36.4 Å². The van der Waals surface area contributed by atoms with Crippen molar-refractivity contribution in [2.45, 2.75) is 45.7 Å². The van der Waals surface area contributed by atoms with Gasteiger partial charge in [-0.2, -0.15) is 0 Å². The number of carbonyl (C=O) groups is 4. The van der Waals surface area contributed by atoms with E-state index in [2.05, 4.69) is 60.9 Å². The first kappa shape index (κ1) is 34.7. The Kier molecular flexibility index (Phi) is 11.1. The number of carbonyl (C=O) groups excluding carboxylic acids is 4. The number of aryl methyl sites for hydroxylation is 1. The fraction of sp³-hybridized carbons (Fsp3) is 0.289. The summed E-state index contributed by atoms with van der Waals surface area (Å²) in [5.74, 6) is -1.16. The molecule has 0 radical (unpaired) electrons. The summed E-state index contributed by atoms with van der Waals surface area (Å²) in [6.45, 7) is 3.51. The van der Waals surface area contributed by atoms with Crippen LogP contribution in [0.1, 0.15) is 85.7 Å². The number of benzene rings is 2. The molecule has 5 heterocycles. The first-order valence-corrected chi connectivity index (χ1v) is 18.6. The van der Waals surface area contributed by atoms with E-state index >= 15 is 0 Å². The maximum absolute atomic E-state index is 13.3. The van der Waals surface area contributed by atoms with Gasteiger partial charge in [-0.15, -0.1) is 0 Å². The molecule has 0 saturated heterocycles. The van der Waals surface area contributed by atoms with Gasteiger partial charge in [0, 0.05) is 6.54 Å². The predicted octanol–water partition coefficient (Wildman–Crippen LogP) is 3.71. The van der Waals surface area contributed by atoms with Crippen molar-refractivity contribution in [1.29, 1.82) is 0 Å². The summed E-state index contributed by atoms with van der Waals surface area (Å²) < 4.78 is 4.58. The van der Waals surface area contributed by atoms with E-state index in [-0.39, 0.29) is 79.9 Å². The topological polar surface area (TPSA) is 146 Å². The van der Waals surface area contributed by atoms with Gasteiger partial charge < -0.3 is 0 Å². The number of hydrogen-bond donors (Lipinski definition) is 4. The van der Waals surface area contributed by atoms with Gasteiger partial charge in [0.15, 0.2) is 0 Å². The number of hydrogen-bond acceptors (Lipinski definition) is 6. The Morgan fingerprint density at radius 2 is 1.34 bits per heavy atom. The van der Waals surface area contributed by atoms with Crippen LogP contribution in [0.5, 0.6) is 0 Å². The van der Waals surface area contributed by atoms with Crippen molar-refractivity contribution in [3.05, 3.63) is 113 Å². The zero-order chi connectivity index (χ0) is 35.0. The summed E-state index contributed by atoms with van der Waals surface area (Å²) in [5, 5.41) is 11.8. The molecule has 3 aromatic heterocycles. The van der Waals surface area contributed by atoms with Gasteiger partial charge in [-0.25, -0.2) is 0 Å². The van der Waals surface area contributed by atoms with Gasteiger partial charge in [0.25, 0.3) is 0 Å². The number of nitrogens with zero attached hydrogens (tertiary/aromatic N) is 3. The van der Waals surface area contributed by atoms with E-state index < -0.39 is 0 Å². The number of fused-ring (bicyclic) bond motifs is 16. The second kappa shape index (κ2) is 16.0. The standard InChI is InChI=1S/C38H39N7O4Se/c1-3-24-10-6-7-19-39-34(46)28-11-8-14-31(43-28)37(49)42-23-26-18-17-25(20-27(26)38-45(2)32-15-4-5-16-33(32)50-38)22-41-36(48)30-13-9-12-29(44-30)35(47)40-21-24/h4-5,8-9,11-18,20,24H,3,6-7,10,19,21-23H2,1-2H3,(H3-,39,40,41,42,46,47,48,49)/p+1/t24-/m1/s1. The molecule has 1 atom stereocenters. The molecule has 2 aliphatic rings. The fourth-order valence-electron chi connectivity index (χ4n) is 5.97. The molecular formula is C38H40N7O4Se+. The molecule has 4 N–H and O–H groups in total. The molecule has 7 rings (SSSR count). The molecule has 256 valence electrons. The molecule has 0 fully saturated rings. The minimum atomic E-state index is -0.380. The Morgan fingerprint density at radius 1 is 0.720 bits per heavy atom. The average Bonchev–Trinajstić information content (AvgIpc) is 3.49. The first-order chi connectivity index (χ1) is 24.3. The summed E-state index contributed by atoms with van der Waals surface area (Å²) in [6.07, 6.45) is 3.38. The summed E-state index contributed by atoms with van der Waals surface area (Å²) in [4.78, 5) is 61.2. The van der Waals surface area contributed by atoms with Crippen LogP contribution in [0.25, 0.3) is 19.9 Å². The van der Waals surface area contributed by atoms with Crippen LogP contribution in [0.4, 0.5) is 0 Å². The number of pyridine rings is 2. The molecule has 0 aliphatic carbocycles. The quantitative estimate of drug-likeness (QED) is 0.161. The van der Waals surface area contributed by atoms with Crippen molar-refractivity contribution < 1.29 is 23.7 Å². The average molecular weight is 738 g/mol. The van der Waals surface area contributed by atoms with Gasteiger partial charge in [-0.1, -0.05) is 19.8 Å². The minimum Gasteiger partial charge on any atom is 0.0206 e. The molecule has 6 bridgehead atoms. The summed E-state index contributed by atoms with van der Waals surface area (Å²) >= 11 is 0.0117.